The van der Waals surface area contributed by atoms with Crippen molar-refractivity contribution in [2.75, 3.05) is 29.9 Å². The Morgan fingerprint density at radius 3 is 2.33 bits per heavy atom. The van der Waals surface area contributed by atoms with Crippen molar-refractivity contribution < 1.29 is 9.59 Å². The molecule has 0 aliphatic carbocycles. The number of nitrogens with one attached hydrogen (secondary N) is 1. The molecule has 3 rings (SSSR count). The number of para-hydroxylation sites is 2. The number of nitrogens with zero attached hydrogens (tertiary/aromatic N) is 2. The molecule has 5 heteroatoms. The second kappa shape index (κ2) is 6.74. The van der Waals surface area contributed by atoms with E-state index in [2.05, 4.69) is 5.32 Å². The average Bonchev–Trinajstić information content (AvgIpc) is 2.93. The second-order valence-electron chi connectivity index (χ2n) is 6.01. The fourth-order valence-corrected chi connectivity index (χ4v) is 2.94. The van der Waals surface area contributed by atoms with Gasteiger partial charge < -0.3 is 10.2 Å². The summed E-state index contributed by atoms with van der Waals surface area (Å²) >= 11 is 0. The number of rotatable bonds is 4. The van der Waals surface area contributed by atoms with Gasteiger partial charge in [0.25, 0.3) is 0 Å². The number of benzene rings is 2. The Hall–Kier alpha value is -2.82. The molecule has 0 atom stereocenters. The molecule has 2 aromatic carbocycles. The minimum Gasteiger partial charge on any atom is -0.324 e. The van der Waals surface area contributed by atoms with E-state index >= 15 is 0 Å². The van der Waals surface area contributed by atoms with Crippen molar-refractivity contribution in [1.82, 2.24) is 4.90 Å². The molecule has 0 aromatic heterocycles. The zero-order valence-corrected chi connectivity index (χ0v) is 14.0. The number of carbonyl (C=O) groups excluding carboxylic acids is 2. The van der Waals surface area contributed by atoms with E-state index in [1.165, 1.54) is 0 Å². The molecule has 24 heavy (non-hydrogen) atoms. The number of amides is 3. The van der Waals surface area contributed by atoms with E-state index in [0.29, 0.717) is 13.1 Å². The number of hydrogen-bond acceptors (Lipinski definition) is 2. The molecule has 0 bridgehead atoms. The van der Waals surface area contributed by atoms with E-state index in [1.807, 2.05) is 62.4 Å². The molecule has 1 aliphatic rings. The fraction of sp³-hybridized carbons (Fsp3) is 0.263. The van der Waals surface area contributed by atoms with Gasteiger partial charge in [-0.25, -0.2) is 4.79 Å². The molecule has 5 nitrogen and oxygen atoms in total. The molecule has 124 valence electrons. The van der Waals surface area contributed by atoms with Gasteiger partial charge in [0.1, 0.15) is 6.54 Å². The second-order valence-corrected chi connectivity index (χ2v) is 6.01. The van der Waals surface area contributed by atoms with E-state index in [0.717, 1.165) is 22.5 Å². The van der Waals surface area contributed by atoms with Crippen molar-refractivity contribution in [3.63, 3.8) is 0 Å². The summed E-state index contributed by atoms with van der Waals surface area (Å²) in [7, 11) is 0. The van der Waals surface area contributed by atoms with Gasteiger partial charge in [-0.3, -0.25) is 9.69 Å². The van der Waals surface area contributed by atoms with Crippen molar-refractivity contribution >= 4 is 23.3 Å². The lowest BCUT2D eigenvalue weighted by Crippen LogP contribution is -2.37. The predicted octanol–water partition coefficient (Wildman–Crippen LogP) is 3.18. The van der Waals surface area contributed by atoms with Crippen LogP contribution < -0.4 is 10.2 Å². The van der Waals surface area contributed by atoms with E-state index in [4.69, 9.17) is 0 Å². The van der Waals surface area contributed by atoms with Gasteiger partial charge in [-0.1, -0.05) is 36.4 Å². The fourth-order valence-electron chi connectivity index (χ4n) is 2.94. The Labute approximate surface area is 141 Å². The maximum Gasteiger partial charge on any atom is 0.325 e. The Balaban J connectivity index is 1.64. The summed E-state index contributed by atoms with van der Waals surface area (Å²) in [5.74, 6) is -0.171. The molecule has 0 saturated carbocycles. The highest BCUT2D eigenvalue weighted by atomic mass is 16.2. The lowest BCUT2D eigenvalue weighted by molar-refractivity contribution is -0.116. The van der Waals surface area contributed by atoms with Gasteiger partial charge in [0.2, 0.25) is 5.91 Å². The monoisotopic (exact) mass is 323 g/mol. The Morgan fingerprint density at radius 2 is 1.67 bits per heavy atom. The predicted molar refractivity (Wildman–Crippen MR) is 95.3 cm³/mol. The molecule has 3 amide bonds. The molecule has 1 aliphatic heterocycles. The smallest absolute Gasteiger partial charge is 0.324 e. The summed E-state index contributed by atoms with van der Waals surface area (Å²) in [5.41, 5.74) is 3.72. The normalized spacial score (nSPS) is 14.2. The molecule has 1 N–H and O–H groups in total. The minimum absolute atomic E-state index is 0.0654. The van der Waals surface area contributed by atoms with Gasteiger partial charge in [0.05, 0.1) is 0 Å². The van der Waals surface area contributed by atoms with Gasteiger partial charge in [0.15, 0.2) is 0 Å². The molecular weight excluding hydrogens is 302 g/mol. The molecule has 2 aromatic rings. The molecule has 0 spiro atoms. The van der Waals surface area contributed by atoms with E-state index in [-0.39, 0.29) is 18.5 Å². The van der Waals surface area contributed by atoms with E-state index in [9.17, 15) is 9.59 Å². The maximum atomic E-state index is 12.5. The van der Waals surface area contributed by atoms with Crippen LogP contribution >= 0.6 is 0 Å². The van der Waals surface area contributed by atoms with Gasteiger partial charge in [-0.2, -0.15) is 0 Å². The highest BCUT2D eigenvalue weighted by molar-refractivity contribution is 5.99. The largest absolute Gasteiger partial charge is 0.325 e. The van der Waals surface area contributed by atoms with Gasteiger partial charge in [-0.05, 0) is 37.1 Å². The third-order valence-electron chi connectivity index (χ3n) is 4.24. The van der Waals surface area contributed by atoms with Gasteiger partial charge in [-0.15, -0.1) is 0 Å². The first-order valence-electron chi connectivity index (χ1n) is 8.04. The number of hydrogen-bond donors (Lipinski definition) is 1. The van der Waals surface area contributed by atoms with Crippen LogP contribution in [0.2, 0.25) is 0 Å². The standard InChI is InChI=1S/C19H21N3O2/c1-14-7-6-8-15(2)18(14)20-17(23)13-21-11-12-22(19(21)24)16-9-4-3-5-10-16/h3-10H,11-13H2,1-2H3,(H,20,23). The SMILES string of the molecule is Cc1cccc(C)c1NC(=O)CN1CCN(c2ccccc2)C1=O. The topological polar surface area (TPSA) is 52.7 Å². The van der Waals surface area contributed by atoms with Crippen LogP contribution in [0.4, 0.5) is 16.2 Å². The Morgan fingerprint density at radius 1 is 1.00 bits per heavy atom. The van der Waals surface area contributed by atoms with Crippen LogP contribution in [-0.4, -0.2) is 36.5 Å². The summed E-state index contributed by atoms with van der Waals surface area (Å²) in [6.07, 6.45) is 0. The lowest BCUT2D eigenvalue weighted by Gasteiger charge is -2.19. The quantitative estimate of drug-likeness (QED) is 0.939. The first-order chi connectivity index (χ1) is 11.6. The van der Waals surface area contributed by atoms with Gasteiger partial charge in [0, 0.05) is 24.5 Å². The third-order valence-corrected chi connectivity index (χ3v) is 4.24. The van der Waals surface area contributed by atoms with Crippen molar-refractivity contribution in [1.29, 1.82) is 0 Å². The van der Waals surface area contributed by atoms with E-state index in [1.54, 1.807) is 9.80 Å². The average molecular weight is 323 g/mol. The minimum atomic E-state index is -0.171. The van der Waals surface area contributed by atoms with Crippen LogP contribution in [0.3, 0.4) is 0 Å². The van der Waals surface area contributed by atoms with Crippen molar-refractivity contribution in [2.24, 2.45) is 0 Å². The molecule has 0 radical (unpaired) electrons. The zero-order chi connectivity index (χ0) is 17.1. The molecule has 1 heterocycles. The maximum absolute atomic E-state index is 12.5. The third kappa shape index (κ3) is 3.25. The van der Waals surface area contributed by atoms with Gasteiger partial charge >= 0.3 is 6.03 Å². The highest BCUT2D eigenvalue weighted by Crippen LogP contribution is 2.21. The summed E-state index contributed by atoms with van der Waals surface area (Å²) in [5, 5.41) is 2.93. The molecular formula is C19H21N3O2. The van der Waals surface area contributed by atoms with Crippen molar-refractivity contribution in [3.8, 4) is 0 Å². The number of aryl methyl sites for hydroxylation is 2. The highest BCUT2D eigenvalue weighted by Gasteiger charge is 2.30. The molecule has 1 saturated heterocycles. The first-order valence-corrected chi connectivity index (χ1v) is 8.04. The number of carbonyl (C=O) groups is 2. The Kier molecular flexibility index (Phi) is 4.51. The number of urea groups is 1. The molecule has 0 unspecified atom stereocenters. The summed E-state index contributed by atoms with van der Waals surface area (Å²) < 4.78 is 0. The summed E-state index contributed by atoms with van der Waals surface area (Å²) in [6, 6.07) is 15.3. The van der Waals surface area contributed by atoms with Crippen LogP contribution in [-0.2, 0) is 4.79 Å². The molecule has 1 fully saturated rings. The van der Waals surface area contributed by atoms with Crippen LogP contribution in [0.1, 0.15) is 11.1 Å². The number of anilines is 2. The van der Waals surface area contributed by atoms with Crippen LogP contribution in [0.25, 0.3) is 0 Å². The zero-order valence-electron chi connectivity index (χ0n) is 14.0. The van der Waals surface area contributed by atoms with Crippen LogP contribution in [0.15, 0.2) is 48.5 Å². The van der Waals surface area contributed by atoms with Crippen LogP contribution in [0, 0.1) is 13.8 Å². The first kappa shape index (κ1) is 16.1. The van der Waals surface area contributed by atoms with Crippen molar-refractivity contribution in [2.45, 2.75) is 13.8 Å². The summed E-state index contributed by atoms with van der Waals surface area (Å²) in [6.45, 7) is 5.13. The Bertz CT molecular complexity index is 738. The van der Waals surface area contributed by atoms with Crippen LogP contribution in [0.5, 0.6) is 0 Å². The van der Waals surface area contributed by atoms with Crippen molar-refractivity contribution in [3.05, 3.63) is 59.7 Å². The summed E-state index contributed by atoms with van der Waals surface area (Å²) in [4.78, 5) is 28.1. The van der Waals surface area contributed by atoms with E-state index < -0.39 is 0 Å². The lowest BCUT2D eigenvalue weighted by atomic mass is 10.1.